The molecule has 1 aliphatic rings. The number of carbonyl (C=O) groups is 1. The number of hydrogen-bond donors (Lipinski definition) is 2. The van der Waals surface area contributed by atoms with Crippen LogP contribution in [0.5, 0.6) is 0 Å². The van der Waals surface area contributed by atoms with Crippen LogP contribution in [0.15, 0.2) is 48.5 Å². The Hall–Kier alpha value is -2.62. The Bertz CT molecular complexity index is 764. The Morgan fingerprint density at radius 1 is 1.05 bits per heavy atom. The monoisotopic (exact) mass is 277 g/mol. The second-order valence-corrected chi connectivity index (χ2v) is 5.47. The Balaban J connectivity index is 1.52. The van der Waals surface area contributed by atoms with Gasteiger partial charge in [0.1, 0.15) is 0 Å². The highest BCUT2D eigenvalue weighted by Gasteiger charge is 2.27. The lowest BCUT2D eigenvalue weighted by Crippen LogP contribution is -2.23. The van der Waals surface area contributed by atoms with E-state index in [1.165, 1.54) is 11.1 Å². The van der Waals surface area contributed by atoms with Gasteiger partial charge in [-0.3, -0.25) is 10.1 Å². The third-order valence-electron chi connectivity index (χ3n) is 4.05. The predicted octanol–water partition coefficient (Wildman–Crippen LogP) is 2.92. The zero-order valence-electron chi connectivity index (χ0n) is 11.5. The number of carbonyl (C=O) groups excluding carboxylic acids is 1. The van der Waals surface area contributed by atoms with Crippen LogP contribution in [0.1, 0.15) is 11.1 Å². The average Bonchev–Trinajstić information content (AvgIpc) is 3.10. The van der Waals surface area contributed by atoms with E-state index in [0.29, 0.717) is 5.95 Å². The predicted molar refractivity (Wildman–Crippen MR) is 82.1 cm³/mol. The Kier molecular flexibility index (Phi) is 2.74. The van der Waals surface area contributed by atoms with Gasteiger partial charge < -0.3 is 4.98 Å². The van der Waals surface area contributed by atoms with Gasteiger partial charge in [0, 0.05) is 5.92 Å². The fourth-order valence-corrected chi connectivity index (χ4v) is 2.98. The number of aromatic amines is 1. The van der Waals surface area contributed by atoms with E-state index in [2.05, 4.69) is 27.4 Å². The molecule has 0 radical (unpaired) electrons. The van der Waals surface area contributed by atoms with Crippen molar-refractivity contribution in [1.82, 2.24) is 9.97 Å². The van der Waals surface area contributed by atoms with E-state index in [9.17, 15) is 4.79 Å². The summed E-state index contributed by atoms with van der Waals surface area (Å²) in [7, 11) is 0. The molecule has 4 rings (SSSR count). The molecule has 0 atom stereocenters. The summed E-state index contributed by atoms with van der Waals surface area (Å²) >= 11 is 0. The molecule has 0 spiro atoms. The molecule has 4 heteroatoms. The van der Waals surface area contributed by atoms with E-state index in [1.54, 1.807) is 0 Å². The number of para-hydroxylation sites is 2. The maximum Gasteiger partial charge on any atom is 0.230 e. The van der Waals surface area contributed by atoms with Gasteiger partial charge in [-0.25, -0.2) is 4.98 Å². The average molecular weight is 277 g/mol. The molecule has 1 heterocycles. The van der Waals surface area contributed by atoms with Gasteiger partial charge in [-0.05, 0) is 36.1 Å². The number of rotatable bonds is 2. The van der Waals surface area contributed by atoms with Crippen molar-refractivity contribution in [2.75, 3.05) is 5.32 Å². The van der Waals surface area contributed by atoms with Gasteiger partial charge in [0.15, 0.2) is 0 Å². The molecular formula is C17H15N3O. The van der Waals surface area contributed by atoms with E-state index < -0.39 is 0 Å². The van der Waals surface area contributed by atoms with Crippen LogP contribution in [0.25, 0.3) is 11.0 Å². The fraction of sp³-hybridized carbons (Fsp3) is 0.176. The van der Waals surface area contributed by atoms with Crippen molar-refractivity contribution in [1.29, 1.82) is 0 Å². The first kappa shape index (κ1) is 12.1. The number of benzene rings is 2. The maximum atomic E-state index is 12.4. The highest BCUT2D eigenvalue weighted by molar-refractivity contribution is 5.93. The summed E-state index contributed by atoms with van der Waals surface area (Å²) in [6, 6.07) is 16.0. The normalized spacial score (nSPS) is 14.3. The highest BCUT2D eigenvalue weighted by Crippen LogP contribution is 2.27. The third-order valence-corrected chi connectivity index (χ3v) is 4.05. The van der Waals surface area contributed by atoms with Crippen molar-refractivity contribution >= 4 is 22.9 Å². The van der Waals surface area contributed by atoms with Crippen molar-refractivity contribution in [3.8, 4) is 0 Å². The second-order valence-electron chi connectivity index (χ2n) is 5.47. The first-order chi connectivity index (χ1) is 10.3. The lowest BCUT2D eigenvalue weighted by molar-refractivity contribution is -0.119. The molecule has 1 aromatic heterocycles. The number of fused-ring (bicyclic) bond motifs is 2. The molecule has 0 bridgehead atoms. The highest BCUT2D eigenvalue weighted by atomic mass is 16.2. The van der Waals surface area contributed by atoms with Gasteiger partial charge in [-0.2, -0.15) is 0 Å². The number of amides is 1. The quantitative estimate of drug-likeness (QED) is 0.756. The summed E-state index contributed by atoms with van der Waals surface area (Å²) in [6.07, 6.45) is 1.62. The first-order valence-electron chi connectivity index (χ1n) is 7.12. The lowest BCUT2D eigenvalue weighted by Gasteiger charge is -2.07. The molecule has 4 nitrogen and oxygen atoms in total. The van der Waals surface area contributed by atoms with Crippen LogP contribution in [0.2, 0.25) is 0 Å². The van der Waals surface area contributed by atoms with Crippen molar-refractivity contribution < 1.29 is 4.79 Å². The van der Waals surface area contributed by atoms with E-state index in [4.69, 9.17) is 0 Å². The number of nitrogens with zero attached hydrogens (tertiary/aromatic N) is 1. The number of anilines is 1. The molecule has 0 saturated carbocycles. The molecule has 0 unspecified atom stereocenters. The Morgan fingerprint density at radius 3 is 2.43 bits per heavy atom. The van der Waals surface area contributed by atoms with Gasteiger partial charge in [-0.1, -0.05) is 36.4 Å². The zero-order chi connectivity index (χ0) is 14.2. The third kappa shape index (κ3) is 2.18. The Labute approximate surface area is 122 Å². The minimum atomic E-state index is -0.00406. The number of hydrogen-bond acceptors (Lipinski definition) is 2. The standard InChI is InChI=1S/C17H15N3O/c21-16(13-9-11-5-1-2-6-12(11)10-13)20-17-18-14-7-3-4-8-15(14)19-17/h1-8,13H,9-10H2,(H2,18,19,20,21). The summed E-state index contributed by atoms with van der Waals surface area (Å²) in [4.78, 5) is 19.9. The molecule has 2 N–H and O–H groups in total. The first-order valence-corrected chi connectivity index (χ1v) is 7.12. The SMILES string of the molecule is O=C(Nc1nc2ccccc2[nH]1)C1Cc2ccccc2C1. The summed E-state index contributed by atoms with van der Waals surface area (Å²) in [5.41, 5.74) is 4.36. The van der Waals surface area contributed by atoms with Crippen molar-refractivity contribution in [3.63, 3.8) is 0 Å². The molecule has 1 aliphatic carbocycles. The lowest BCUT2D eigenvalue weighted by atomic mass is 10.1. The minimum Gasteiger partial charge on any atom is -0.324 e. The molecule has 0 saturated heterocycles. The summed E-state index contributed by atoms with van der Waals surface area (Å²) in [5, 5.41) is 2.90. The van der Waals surface area contributed by atoms with E-state index in [0.717, 1.165) is 23.9 Å². The molecule has 3 aromatic rings. The van der Waals surface area contributed by atoms with Gasteiger partial charge in [0.2, 0.25) is 11.9 Å². The molecule has 2 aromatic carbocycles. The molecule has 1 amide bonds. The number of aromatic nitrogens is 2. The van der Waals surface area contributed by atoms with Crippen LogP contribution < -0.4 is 5.32 Å². The maximum absolute atomic E-state index is 12.4. The number of H-pyrrole nitrogens is 1. The van der Waals surface area contributed by atoms with Crippen LogP contribution in [-0.4, -0.2) is 15.9 Å². The van der Waals surface area contributed by atoms with Crippen LogP contribution in [0.4, 0.5) is 5.95 Å². The van der Waals surface area contributed by atoms with Crippen LogP contribution >= 0.6 is 0 Å². The van der Waals surface area contributed by atoms with E-state index in [1.807, 2.05) is 36.4 Å². The van der Waals surface area contributed by atoms with Crippen molar-refractivity contribution in [2.24, 2.45) is 5.92 Å². The van der Waals surface area contributed by atoms with E-state index >= 15 is 0 Å². The van der Waals surface area contributed by atoms with Crippen LogP contribution in [-0.2, 0) is 17.6 Å². The largest absolute Gasteiger partial charge is 0.324 e. The van der Waals surface area contributed by atoms with E-state index in [-0.39, 0.29) is 11.8 Å². The molecule has 0 fully saturated rings. The number of imidazole rings is 1. The summed E-state index contributed by atoms with van der Waals surface area (Å²) in [5.74, 6) is 0.554. The smallest absolute Gasteiger partial charge is 0.230 e. The minimum absolute atomic E-state index is 0.00406. The van der Waals surface area contributed by atoms with Crippen LogP contribution in [0.3, 0.4) is 0 Å². The zero-order valence-corrected chi connectivity index (χ0v) is 11.5. The molecule has 104 valence electrons. The Morgan fingerprint density at radius 2 is 1.71 bits per heavy atom. The van der Waals surface area contributed by atoms with Gasteiger partial charge in [0.05, 0.1) is 11.0 Å². The van der Waals surface area contributed by atoms with Gasteiger partial charge >= 0.3 is 0 Å². The topological polar surface area (TPSA) is 57.8 Å². The fourth-order valence-electron chi connectivity index (χ4n) is 2.98. The van der Waals surface area contributed by atoms with Gasteiger partial charge in [-0.15, -0.1) is 0 Å². The van der Waals surface area contributed by atoms with Crippen LogP contribution in [0, 0.1) is 5.92 Å². The summed E-state index contributed by atoms with van der Waals surface area (Å²) in [6.45, 7) is 0. The molecule has 21 heavy (non-hydrogen) atoms. The number of nitrogens with one attached hydrogen (secondary N) is 2. The second kappa shape index (κ2) is 4.74. The molecule has 0 aliphatic heterocycles. The summed E-state index contributed by atoms with van der Waals surface area (Å²) < 4.78 is 0. The molecular weight excluding hydrogens is 262 g/mol. The van der Waals surface area contributed by atoms with Crippen molar-refractivity contribution in [3.05, 3.63) is 59.7 Å². The van der Waals surface area contributed by atoms with Gasteiger partial charge in [0.25, 0.3) is 0 Å². The van der Waals surface area contributed by atoms with Crippen molar-refractivity contribution in [2.45, 2.75) is 12.8 Å².